The molecular weight excluding hydrogens is 278 g/mol. The van der Waals surface area contributed by atoms with Crippen LogP contribution in [0.5, 0.6) is 0 Å². The van der Waals surface area contributed by atoms with Gasteiger partial charge in [0.15, 0.2) is 0 Å². The normalized spacial score (nSPS) is 14.9. The molecule has 2 aromatic rings. The molecule has 0 aliphatic carbocycles. The summed E-state index contributed by atoms with van der Waals surface area (Å²) in [6, 6.07) is 4.45. The number of carboxylic acid groups (broad SMARTS) is 1. The molecular formula is C17H23N3O2. The summed E-state index contributed by atoms with van der Waals surface area (Å²) in [5, 5.41) is 8.73. The number of hydrogen-bond acceptors (Lipinski definition) is 3. The van der Waals surface area contributed by atoms with Crippen molar-refractivity contribution in [2.45, 2.75) is 45.7 Å². The van der Waals surface area contributed by atoms with Gasteiger partial charge in [-0.05, 0) is 36.2 Å². The molecule has 5 nitrogen and oxygen atoms in total. The fourth-order valence-corrected chi connectivity index (χ4v) is 3.30. The molecule has 1 aromatic carbocycles. The Bertz CT molecular complexity index is 718. The summed E-state index contributed by atoms with van der Waals surface area (Å²) in [7, 11) is 2.08. The van der Waals surface area contributed by atoms with E-state index in [-0.39, 0.29) is 6.42 Å². The summed E-state index contributed by atoms with van der Waals surface area (Å²) in [5.41, 5.74) is 4.93. The van der Waals surface area contributed by atoms with E-state index in [1.807, 2.05) is 0 Å². The zero-order valence-electron chi connectivity index (χ0n) is 13.5. The van der Waals surface area contributed by atoms with Crippen molar-refractivity contribution in [3.63, 3.8) is 0 Å². The summed E-state index contributed by atoms with van der Waals surface area (Å²) in [4.78, 5) is 17.7. The van der Waals surface area contributed by atoms with Gasteiger partial charge in [0.2, 0.25) is 0 Å². The minimum atomic E-state index is -0.715. The number of aliphatic carboxylic acids is 1. The van der Waals surface area contributed by atoms with Crippen molar-refractivity contribution in [3.05, 3.63) is 29.1 Å². The number of carboxylic acids is 1. The van der Waals surface area contributed by atoms with Crippen molar-refractivity contribution in [2.75, 3.05) is 6.54 Å². The van der Waals surface area contributed by atoms with Crippen molar-refractivity contribution in [1.29, 1.82) is 0 Å². The molecule has 1 N–H and O–H groups in total. The van der Waals surface area contributed by atoms with Crippen LogP contribution in [0.4, 0.5) is 0 Å². The van der Waals surface area contributed by atoms with Gasteiger partial charge in [-0.25, -0.2) is 4.98 Å². The minimum Gasteiger partial charge on any atom is -0.481 e. The monoisotopic (exact) mass is 301 g/mol. The van der Waals surface area contributed by atoms with Crippen LogP contribution in [0, 0.1) is 0 Å². The standard InChI is InChI=1S/C17H23N3O2/c1-11(2)17-18-14-7-12-9-20(6-4-5-16(21)22)10-13(12)8-15(14)19(17)3/h7-8,11H,4-6,9-10H2,1-3H3,(H,21,22). The Morgan fingerprint density at radius 3 is 2.64 bits per heavy atom. The van der Waals surface area contributed by atoms with Crippen molar-refractivity contribution >= 4 is 17.0 Å². The second kappa shape index (κ2) is 5.72. The van der Waals surface area contributed by atoms with Crippen molar-refractivity contribution < 1.29 is 9.90 Å². The lowest BCUT2D eigenvalue weighted by Crippen LogP contribution is -2.18. The van der Waals surface area contributed by atoms with Gasteiger partial charge in [0.1, 0.15) is 5.82 Å². The van der Waals surface area contributed by atoms with Crippen LogP contribution in [-0.2, 0) is 24.9 Å². The number of imidazole rings is 1. The van der Waals surface area contributed by atoms with Gasteiger partial charge in [-0.2, -0.15) is 0 Å². The van der Waals surface area contributed by atoms with Gasteiger partial charge in [-0.15, -0.1) is 0 Å². The molecule has 0 radical (unpaired) electrons. The molecule has 0 amide bonds. The first-order chi connectivity index (χ1) is 10.5. The predicted octanol–water partition coefficient (Wildman–Crippen LogP) is 2.88. The average molecular weight is 301 g/mol. The van der Waals surface area contributed by atoms with Crippen LogP contribution in [0.15, 0.2) is 12.1 Å². The van der Waals surface area contributed by atoms with Crippen LogP contribution < -0.4 is 0 Å². The lowest BCUT2D eigenvalue weighted by Gasteiger charge is -2.13. The van der Waals surface area contributed by atoms with E-state index in [2.05, 4.69) is 42.5 Å². The number of benzene rings is 1. The molecule has 0 bridgehead atoms. The number of fused-ring (bicyclic) bond motifs is 2. The molecule has 0 unspecified atom stereocenters. The maximum Gasteiger partial charge on any atom is 0.303 e. The molecule has 3 rings (SSSR count). The van der Waals surface area contributed by atoms with Gasteiger partial charge < -0.3 is 9.67 Å². The fraction of sp³-hybridized carbons (Fsp3) is 0.529. The van der Waals surface area contributed by atoms with E-state index in [0.717, 1.165) is 31.0 Å². The van der Waals surface area contributed by atoms with Crippen LogP contribution >= 0.6 is 0 Å². The number of aryl methyl sites for hydroxylation is 1. The predicted molar refractivity (Wildman–Crippen MR) is 85.8 cm³/mol. The molecule has 0 saturated carbocycles. The molecule has 1 aromatic heterocycles. The van der Waals surface area contributed by atoms with Gasteiger partial charge >= 0.3 is 5.97 Å². The number of aromatic nitrogens is 2. The molecule has 2 heterocycles. The molecule has 0 spiro atoms. The second-order valence-electron chi connectivity index (χ2n) is 6.50. The Hall–Kier alpha value is -1.88. The van der Waals surface area contributed by atoms with E-state index in [4.69, 9.17) is 10.1 Å². The first-order valence-electron chi connectivity index (χ1n) is 7.88. The van der Waals surface area contributed by atoms with Gasteiger partial charge in [-0.3, -0.25) is 9.69 Å². The van der Waals surface area contributed by atoms with Gasteiger partial charge in [0, 0.05) is 32.5 Å². The van der Waals surface area contributed by atoms with Crippen LogP contribution in [0.2, 0.25) is 0 Å². The van der Waals surface area contributed by atoms with E-state index in [9.17, 15) is 4.79 Å². The lowest BCUT2D eigenvalue weighted by molar-refractivity contribution is -0.137. The van der Waals surface area contributed by atoms with Crippen molar-refractivity contribution in [1.82, 2.24) is 14.5 Å². The third kappa shape index (κ3) is 2.73. The minimum absolute atomic E-state index is 0.244. The number of rotatable bonds is 5. The van der Waals surface area contributed by atoms with Crippen LogP contribution in [0.3, 0.4) is 0 Å². The Labute approximate surface area is 130 Å². The summed E-state index contributed by atoms with van der Waals surface area (Å²) < 4.78 is 2.19. The second-order valence-corrected chi connectivity index (χ2v) is 6.50. The highest BCUT2D eigenvalue weighted by molar-refractivity contribution is 5.78. The van der Waals surface area contributed by atoms with E-state index in [1.54, 1.807) is 0 Å². The Balaban J connectivity index is 1.80. The molecule has 0 saturated heterocycles. The maximum absolute atomic E-state index is 10.6. The molecule has 0 atom stereocenters. The Morgan fingerprint density at radius 1 is 1.32 bits per heavy atom. The van der Waals surface area contributed by atoms with Gasteiger partial charge in [0.25, 0.3) is 0 Å². The molecule has 1 aliphatic heterocycles. The molecule has 0 fully saturated rings. The SMILES string of the molecule is CC(C)c1nc2cc3c(cc2n1C)CN(CCCC(=O)O)C3. The Kier molecular flexibility index (Phi) is 3.91. The third-order valence-electron chi connectivity index (χ3n) is 4.41. The van der Waals surface area contributed by atoms with Crippen molar-refractivity contribution in [3.8, 4) is 0 Å². The zero-order chi connectivity index (χ0) is 15.9. The van der Waals surface area contributed by atoms with E-state index in [0.29, 0.717) is 12.3 Å². The number of carbonyl (C=O) groups is 1. The summed E-state index contributed by atoms with van der Waals surface area (Å²) in [5.74, 6) is 0.824. The highest BCUT2D eigenvalue weighted by Gasteiger charge is 2.21. The topological polar surface area (TPSA) is 58.4 Å². The number of hydrogen-bond donors (Lipinski definition) is 1. The highest BCUT2D eigenvalue weighted by Crippen LogP contribution is 2.29. The smallest absolute Gasteiger partial charge is 0.303 e. The van der Waals surface area contributed by atoms with Crippen LogP contribution in [0.1, 0.15) is 49.6 Å². The van der Waals surface area contributed by atoms with Crippen LogP contribution in [-0.4, -0.2) is 32.1 Å². The highest BCUT2D eigenvalue weighted by atomic mass is 16.4. The van der Waals surface area contributed by atoms with E-state index >= 15 is 0 Å². The summed E-state index contributed by atoms with van der Waals surface area (Å²) in [6.07, 6.45) is 0.951. The first-order valence-corrected chi connectivity index (χ1v) is 7.88. The van der Waals surface area contributed by atoms with E-state index in [1.165, 1.54) is 16.6 Å². The van der Waals surface area contributed by atoms with Crippen molar-refractivity contribution in [2.24, 2.45) is 7.05 Å². The summed E-state index contributed by atoms with van der Waals surface area (Å²) >= 11 is 0. The van der Waals surface area contributed by atoms with E-state index < -0.39 is 5.97 Å². The molecule has 5 heteroatoms. The first kappa shape index (κ1) is 15.0. The molecule has 1 aliphatic rings. The maximum atomic E-state index is 10.6. The fourth-order valence-electron chi connectivity index (χ4n) is 3.30. The number of nitrogens with zero attached hydrogens (tertiary/aromatic N) is 3. The van der Waals surface area contributed by atoms with Gasteiger partial charge in [0.05, 0.1) is 11.0 Å². The quantitative estimate of drug-likeness (QED) is 0.922. The molecule has 118 valence electrons. The third-order valence-corrected chi connectivity index (χ3v) is 4.41. The van der Waals surface area contributed by atoms with Crippen LogP contribution in [0.25, 0.3) is 11.0 Å². The zero-order valence-corrected chi connectivity index (χ0v) is 13.5. The molecule has 22 heavy (non-hydrogen) atoms. The lowest BCUT2D eigenvalue weighted by atomic mass is 10.1. The van der Waals surface area contributed by atoms with Gasteiger partial charge in [-0.1, -0.05) is 13.8 Å². The summed E-state index contributed by atoms with van der Waals surface area (Å²) in [6.45, 7) is 6.98. The largest absolute Gasteiger partial charge is 0.481 e. The average Bonchev–Trinajstić information content (AvgIpc) is 2.97. The Morgan fingerprint density at radius 2 is 2.00 bits per heavy atom.